The van der Waals surface area contributed by atoms with Crippen molar-refractivity contribution in [3.63, 3.8) is 0 Å². The highest BCUT2D eigenvalue weighted by molar-refractivity contribution is 7.07. The minimum absolute atomic E-state index is 0.325. The Morgan fingerprint density at radius 2 is 2.12 bits per heavy atom. The first-order valence-corrected chi connectivity index (χ1v) is 9.13. The Bertz CT molecular complexity index is 671. The second-order valence-electron chi connectivity index (χ2n) is 5.82. The normalized spacial score (nSPS) is 14.5. The Balaban J connectivity index is 1.60. The van der Waals surface area contributed by atoms with Gasteiger partial charge in [0.15, 0.2) is 0 Å². The number of hydrogen-bond donors (Lipinski definition) is 2. The number of aromatic nitrogens is 1. The number of carbonyl (C=O) groups is 1. The summed E-state index contributed by atoms with van der Waals surface area (Å²) in [5, 5.41) is 7.53. The summed E-state index contributed by atoms with van der Waals surface area (Å²) in [4.78, 5) is 18.5. The van der Waals surface area contributed by atoms with Gasteiger partial charge in [0.1, 0.15) is 5.82 Å². The van der Waals surface area contributed by atoms with Gasteiger partial charge in [-0.25, -0.2) is 14.2 Å². The maximum atomic E-state index is 13.6. The summed E-state index contributed by atoms with van der Waals surface area (Å²) >= 11 is 1.53. The zero-order valence-electron chi connectivity index (χ0n) is 13.4. The largest absolute Gasteiger partial charge is 0.370 e. The molecule has 1 fully saturated rings. The SMILES string of the molecule is O=C(NCCc1cscn1)Nc1cc(F)ccc1N1CCCCC1. The molecule has 5 nitrogen and oxygen atoms in total. The molecule has 24 heavy (non-hydrogen) atoms. The lowest BCUT2D eigenvalue weighted by Crippen LogP contribution is -2.33. The van der Waals surface area contributed by atoms with E-state index in [9.17, 15) is 9.18 Å². The predicted molar refractivity (Wildman–Crippen MR) is 95.3 cm³/mol. The van der Waals surface area contributed by atoms with Crippen LogP contribution in [0.15, 0.2) is 29.1 Å². The number of nitrogens with one attached hydrogen (secondary N) is 2. The van der Waals surface area contributed by atoms with E-state index in [-0.39, 0.29) is 11.8 Å². The summed E-state index contributed by atoms with van der Waals surface area (Å²) in [6, 6.07) is 4.24. The molecule has 7 heteroatoms. The molecular weight excluding hydrogens is 327 g/mol. The van der Waals surface area contributed by atoms with E-state index in [0.717, 1.165) is 37.3 Å². The molecule has 2 heterocycles. The predicted octanol–water partition coefficient (Wildman–Crippen LogP) is 3.64. The van der Waals surface area contributed by atoms with E-state index < -0.39 is 0 Å². The van der Waals surface area contributed by atoms with Crippen molar-refractivity contribution in [2.24, 2.45) is 0 Å². The third-order valence-electron chi connectivity index (χ3n) is 4.05. The summed E-state index contributed by atoms with van der Waals surface area (Å²) in [5.41, 5.74) is 4.13. The van der Waals surface area contributed by atoms with Gasteiger partial charge in [0, 0.05) is 31.4 Å². The topological polar surface area (TPSA) is 57.3 Å². The maximum absolute atomic E-state index is 13.6. The van der Waals surface area contributed by atoms with Crippen LogP contribution in [-0.4, -0.2) is 30.6 Å². The standard InChI is InChI=1S/C17H21FN4OS/c18-13-4-5-16(22-8-2-1-3-9-22)15(10-13)21-17(23)19-7-6-14-11-24-12-20-14/h4-5,10-12H,1-3,6-9H2,(H2,19,21,23). The number of rotatable bonds is 5. The summed E-state index contributed by atoms with van der Waals surface area (Å²) in [5.74, 6) is -0.353. The van der Waals surface area contributed by atoms with Crippen LogP contribution in [0.2, 0.25) is 0 Å². The molecule has 0 spiro atoms. The number of halogens is 1. The van der Waals surface area contributed by atoms with Gasteiger partial charge >= 0.3 is 6.03 Å². The van der Waals surface area contributed by atoms with Crippen LogP contribution in [0.4, 0.5) is 20.6 Å². The molecular formula is C17H21FN4OS. The lowest BCUT2D eigenvalue weighted by Gasteiger charge is -2.30. The highest BCUT2D eigenvalue weighted by atomic mass is 32.1. The first-order chi connectivity index (χ1) is 11.7. The Kier molecular flexibility index (Phi) is 5.63. The highest BCUT2D eigenvalue weighted by Crippen LogP contribution is 2.29. The van der Waals surface area contributed by atoms with Crippen LogP contribution in [0.5, 0.6) is 0 Å². The average molecular weight is 348 g/mol. The van der Waals surface area contributed by atoms with Crippen molar-refractivity contribution in [1.29, 1.82) is 0 Å². The van der Waals surface area contributed by atoms with Crippen LogP contribution in [-0.2, 0) is 6.42 Å². The van der Waals surface area contributed by atoms with Gasteiger partial charge in [0.05, 0.1) is 22.6 Å². The summed E-state index contributed by atoms with van der Waals surface area (Å²) < 4.78 is 13.6. The second kappa shape index (κ2) is 8.10. The monoisotopic (exact) mass is 348 g/mol. The van der Waals surface area contributed by atoms with Crippen LogP contribution >= 0.6 is 11.3 Å². The number of carbonyl (C=O) groups excluding carboxylic acids is 1. The first kappa shape index (κ1) is 16.7. The molecule has 2 amide bonds. The Hall–Kier alpha value is -2.15. The van der Waals surface area contributed by atoms with Crippen molar-refractivity contribution in [3.8, 4) is 0 Å². The van der Waals surface area contributed by atoms with E-state index in [0.29, 0.717) is 18.7 Å². The number of hydrogen-bond acceptors (Lipinski definition) is 4. The summed E-state index contributed by atoms with van der Waals surface area (Å²) in [7, 11) is 0. The zero-order chi connectivity index (χ0) is 16.8. The fraction of sp³-hybridized carbons (Fsp3) is 0.412. The Morgan fingerprint density at radius 3 is 2.88 bits per heavy atom. The fourth-order valence-corrected chi connectivity index (χ4v) is 3.44. The lowest BCUT2D eigenvalue weighted by molar-refractivity contribution is 0.252. The van der Waals surface area contributed by atoms with E-state index in [1.807, 2.05) is 5.38 Å². The molecule has 3 rings (SSSR count). The zero-order valence-corrected chi connectivity index (χ0v) is 14.2. The molecule has 128 valence electrons. The van der Waals surface area contributed by atoms with Gasteiger partial charge in [-0.3, -0.25) is 0 Å². The van der Waals surface area contributed by atoms with Crippen molar-refractivity contribution < 1.29 is 9.18 Å². The minimum atomic E-state index is -0.353. The first-order valence-electron chi connectivity index (χ1n) is 8.19. The quantitative estimate of drug-likeness (QED) is 0.867. The molecule has 0 unspecified atom stereocenters. The average Bonchev–Trinajstić information content (AvgIpc) is 3.09. The molecule has 1 saturated heterocycles. The Morgan fingerprint density at radius 1 is 1.29 bits per heavy atom. The van der Waals surface area contributed by atoms with Crippen molar-refractivity contribution in [2.45, 2.75) is 25.7 Å². The molecule has 0 bridgehead atoms. The number of thiazole rings is 1. The van der Waals surface area contributed by atoms with Crippen molar-refractivity contribution in [3.05, 3.63) is 40.6 Å². The molecule has 1 aliphatic heterocycles. The number of amides is 2. The fourth-order valence-electron chi connectivity index (χ4n) is 2.85. The van der Waals surface area contributed by atoms with Crippen molar-refractivity contribution in [2.75, 3.05) is 29.9 Å². The number of anilines is 2. The molecule has 0 atom stereocenters. The number of piperidine rings is 1. The van der Waals surface area contributed by atoms with Crippen LogP contribution < -0.4 is 15.5 Å². The summed E-state index contributed by atoms with van der Waals surface area (Å²) in [6.07, 6.45) is 4.14. The van der Waals surface area contributed by atoms with E-state index >= 15 is 0 Å². The van der Waals surface area contributed by atoms with Gasteiger partial charge in [0.25, 0.3) is 0 Å². The molecule has 0 aliphatic carbocycles. The van der Waals surface area contributed by atoms with Gasteiger partial charge in [0.2, 0.25) is 0 Å². The van der Waals surface area contributed by atoms with E-state index in [1.54, 1.807) is 11.6 Å². The maximum Gasteiger partial charge on any atom is 0.319 e. The van der Waals surface area contributed by atoms with E-state index in [4.69, 9.17) is 0 Å². The van der Waals surface area contributed by atoms with Gasteiger partial charge in [-0.2, -0.15) is 0 Å². The molecule has 2 N–H and O–H groups in total. The number of urea groups is 1. The van der Waals surface area contributed by atoms with Crippen LogP contribution in [0.1, 0.15) is 25.0 Å². The van der Waals surface area contributed by atoms with Gasteiger partial charge in [-0.15, -0.1) is 11.3 Å². The smallest absolute Gasteiger partial charge is 0.319 e. The minimum Gasteiger partial charge on any atom is -0.370 e. The highest BCUT2D eigenvalue weighted by Gasteiger charge is 2.16. The Labute approximate surface area is 144 Å². The molecule has 1 aliphatic rings. The molecule has 2 aromatic rings. The molecule has 0 radical (unpaired) electrons. The van der Waals surface area contributed by atoms with Gasteiger partial charge in [-0.1, -0.05) is 0 Å². The van der Waals surface area contributed by atoms with Gasteiger partial charge < -0.3 is 15.5 Å². The summed E-state index contributed by atoms with van der Waals surface area (Å²) in [6.45, 7) is 2.36. The lowest BCUT2D eigenvalue weighted by atomic mass is 10.1. The van der Waals surface area contributed by atoms with E-state index in [2.05, 4.69) is 20.5 Å². The molecule has 1 aromatic heterocycles. The van der Waals surface area contributed by atoms with Crippen molar-refractivity contribution >= 4 is 28.7 Å². The third-order valence-corrected chi connectivity index (χ3v) is 4.69. The van der Waals surface area contributed by atoms with Crippen LogP contribution in [0, 0.1) is 5.82 Å². The number of nitrogens with zero attached hydrogens (tertiary/aromatic N) is 2. The third kappa shape index (κ3) is 4.44. The van der Waals surface area contributed by atoms with Crippen molar-refractivity contribution in [1.82, 2.24) is 10.3 Å². The van der Waals surface area contributed by atoms with Crippen LogP contribution in [0.3, 0.4) is 0 Å². The molecule has 0 saturated carbocycles. The van der Waals surface area contributed by atoms with Gasteiger partial charge in [-0.05, 0) is 37.5 Å². The second-order valence-corrected chi connectivity index (χ2v) is 6.54. The van der Waals surface area contributed by atoms with E-state index in [1.165, 1.54) is 29.9 Å². The van der Waals surface area contributed by atoms with Crippen LogP contribution in [0.25, 0.3) is 0 Å². The number of benzene rings is 1. The molecule has 1 aromatic carbocycles.